The first kappa shape index (κ1) is 11.4. The SMILES string of the molecule is CC(c1ccccc1)n1cnc2c(c1=S)CNN2. The predicted molar refractivity (Wildman–Crippen MR) is 73.8 cm³/mol. The number of fused-ring (bicyclic) bond motifs is 1. The zero-order valence-corrected chi connectivity index (χ0v) is 10.9. The quantitative estimate of drug-likeness (QED) is 0.813. The Labute approximate surface area is 111 Å². The summed E-state index contributed by atoms with van der Waals surface area (Å²) in [6, 6.07) is 10.5. The van der Waals surface area contributed by atoms with Gasteiger partial charge >= 0.3 is 0 Å². The smallest absolute Gasteiger partial charge is 0.149 e. The molecule has 3 rings (SSSR count). The Morgan fingerprint density at radius 2 is 2.11 bits per heavy atom. The van der Waals surface area contributed by atoms with Crippen LogP contribution in [0.5, 0.6) is 0 Å². The van der Waals surface area contributed by atoms with Gasteiger partial charge in [0.05, 0.1) is 12.4 Å². The van der Waals surface area contributed by atoms with Crippen LogP contribution < -0.4 is 10.9 Å². The molecule has 0 saturated carbocycles. The van der Waals surface area contributed by atoms with Gasteiger partial charge in [0.2, 0.25) is 0 Å². The Morgan fingerprint density at radius 3 is 2.89 bits per heavy atom. The van der Waals surface area contributed by atoms with Crippen molar-refractivity contribution in [2.24, 2.45) is 0 Å². The molecule has 1 aromatic carbocycles. The maximum Gasteiger partial charge on any atom is 0.149 e. The maximum absolute atomic E-state index is 5.54. The van der Waals surface area contributed by atoms with E-state index in [4.69, 9.17) is 12.2 Å². The molecule has 18 heavy (non-hydrogen) atoms. The van der Waals surface area contributed by atoms with Gasteiger partial charge in [-0.05, 0) is 12.5 Å². The number of benzene rings is 1. The van der Waals surface area contributed by atoms with E-state index in [1.54, 1.807) is 6.33 Å². The lowest BCUT2D eigenvalue weighted by molar-refractivity contribution is 0.611. The van der Waals surface area contributed by atoms with Crippen molar-refractivity contribution in [3.63, 3.8) is 0 Å². The van der Waals surface area contributed by atoms with Crippen LogP contribution in [0.4, 0.5) is 5.82 Å². The molecule has 0 spiro atoms. The number of nitrogens with one attached hydrogen (secondary N) is 2. The van der Waals surface area contributed by atoms with Crippen LogP contribution in [0.1, 0.15) is 24.1 Å². The summed E-state index contributed by atoms with van der Waals surface area (Å²) in [6.07, 6.45) is 1.80. The van der Waals surface area contributed by atoms with E-state index >= 15 is 0 Å². The summed E-state index contributed by atoms with van der Waals surface area (Å²) in [5.74, 6) is 0.844. The number of rotatable bonds is 2. The summed E-state index contributed by atoms with van der Waals surface area (Å²) in [5.41, 5.74) is 8.34. The minimum atomic E-state index is 0.192. The van der Waals surface area contributed by atoms with Crippen molar-refractivity contribution in [2.45, 2.75) is 19.5 Å². The van der Waals surface area contributed by atoms with E-state index in [0.29, 0.717) is 0 Å². The molecule has 0 saturated heterocycles. The fourth-order valence-corrected chi connectivity index (χ4v) is 2.53. The van der Waals surface area contributed by atoms with Gasteiger partial charge in [0, 0.05) is 12.1 Å². The highest BCUT2D eigenvalue weighted by molar-refractivity contribution is 7.71. The molecule has 2 heterocycles. The van der Waals surface area contributed by atoms with Crippen molar-refractivity contribution in [1.82, 2.24) is 15.0 Å². The number of hydrogen-bond donors (Lipinski definition) is 2. The van der Waals surface area contributed by atoms with Crippen LogP contribution in [0.2, 0.25) is 0 Å². The molecule has 1 aromatic heterocycles. The molecule has 2 N–H and O–H groups in total. The monoisotopic (exact) mass is 258 g/mol. The highest BCUT2D eigenvalue weighted by Crippen LogP contribution is 2.23. The average molecular weight is 258 g/mol. The highest BCUT2D eigenvalue weighted by atomic mass is 32.1. The molecule has 1 atom stereocenters. The zero-order chi connectivity index (χ0) is 12.5. The topological polar surface area (TPSA) is 41.9 Å². The van der Waals surface area contributed by atoms with Crippen LogP contribution in [0.15, 0.2) is 36.7 Å². The summed E-state index contributed by atoms with van der Waals surface area (Å²) in [5, 5.41) is 0. The summed E-state index contributed by atoms with van der Waals surface area (Å²) < 4.78 is 2.88. The predicted octanol–water partition coefficient (Wildman–Crippen LogP) is 2.65. The fraction of sp³-hybridized carbons (Fsp3) is 0.231. The van der Waals surface area contributed by atoms with Crippen LogP contribution in [0, 0.1) is 4.64 Å². The molecule has 0 aliphatic carbocycles. The van der Waals surface area contributed by atoms with E-state index < -0.39 is 0 Å². The van der Waals surface area contributed by atoms with Gasteiger partial charge in [0.1, 0.15) is 10.5 Å². The van der Waals surface area contributed by atoms with Crippen molar-refractivity contribution in [3.05, 3.63) is 52.4 Å². The van der Waals surface area contributed by atoms with Crippen LogP contribution in [0.3, 0.4) is 0 Å². The standard InChI is InChI=1S/C13H14N4S/c1-9(10-5-3-2-4-6-10)17-8-14-12-11(13(17)18)7-15-16-12/h2-6,8-9,15-16H,7H2,1H3. The lowest BCUT2D eigenvalue weighted by atomic mass is 10.1. The van der Waals surface area contributed by atoms with Crippen molar-refractivity contribution in [3.8, 4) is 0 Å². The Balaban J connectivity index is 2.06. The third-order valence-electron chi connectivity index (χ3n) is 3.26. The minimum Gasteiger partial charge on any atom is -0.316 e. The van der Waals surface area contributed by atoms with E-state index in [9.17, 15) is 0 Å². The second-order valence-electron chi connectivity index (χ2n) is 4.35. The van der Waals surface area contributed by atoms with Crippen molar-refractivity contribution in [2.75, 3.05) is 5.43 Å². The molecular weight excluding hydrogens is 244 g/mol. The molecule has 2 aromatic rings. The first-order valence-corrected chi connectivity index (χ1v) is 6.32. The summed E-state index contributed by atoms with van der Waals surface area (Å²) in [6.45, 7) is 2.86. The van der Waals surface area contributed by atoms with Gasteiger partial charge in [0.15, 0.2) is 0 Å². The van der Waals surface area contributed by atoms with Gasteiger partial charge in [-0.25, -0.2) is 10.4 Å². The molecule has 1 unspecified atom stereocenters. The lowest BCUT2D eigenvalue weighted by Gasteiger charge is -2.17. The zero-order valence-electron chi connectivity index (χ0n) is 10.1. The second-order valence-corrected chi connectivity index (χ2v) is 4.74. The number of hydrazine groups is 1. The van der Waals surface area contributed by atoms with E-state index in [1.165, 1.54) is 5.56 Å². The molecule has 0 fully saturated rings. The normalized spacial score (nSPS) is 14.9. The fourth-order valence-electron chi connectivity index (χ4n) is 2.16. The Morgan fingerprint density at radius 1 is 1.33 bits per heavy atom. The lowest BCUT2D eigenvalue weighted by Crippen LogP contribution is -2.11. The third-order valence-corrected chi connectivity index (χ3v) is 3.72. The van der Waals surface area contributed by atoms with Crippen molar-refractivity contribution < 1.29 is 0 Å². The van der Waals surface area contributed by atoms with Gasteiger partial charge in [-0.1, -0.05) is 42.5 Å². The number of nitrogens with zero attached hydrogens (tertiary/aromatic N) is 2. The summed E-state index contributed by atoms with van der Waals surface area (Å²) in [7, 11) is 0. The van der Waals surface area contributed by atoms with Crippen LogP contribution >= 0.6 is 12.2 Å². The molecule has 4 nitrogen and oxygen atoms in total. The number of aromatic nitrogens is 2. The van der Waals surface area contributed by atoms with E-state index in [2.05, 4.69) is 34.9 Å². The summed E-state index contributed by atoms with van der Waals surface area (Å²) >= 11 is 5.54. The van der Waals surface area contributed by atoms with Crippen molar-refractivity contribution >= 4 is 18.0 Å². The van der Waals surface area contributed by atoms with E-state index in [0.717, 1.165) is 22.6 Å². The minimum absolute atomic E-state index is 0.192. The van der Waals surface area contributed by atoms with Gasteiger partial charge < -0.3 is 9.99 Å². The van der Waals surface area contributed by atoms with Crippen LogP contribution in [0.25, 0.3) is 0 Å². The summed E-state index contributed by atoms with van der Waals surface area (Å²) in [4.78, 5) is 4.39. The van der Waals surface area contributed by atoms with E-state index in [-0.39, 0.29) is 6.04 Å². The van der Waals surface area contributed by atoms with E-state index in [1.807, 2.05) is 22.8 Å². The Bertz CT molecular complexity index is 621. The molecule has 1 aliphatic heterocycles. The Kier molecular flexibility index (Phi) is 2.85. The third kappa shape index (κ3) is 1.81. The molecule has 1 aliphatic rings. The first-order valence-electron chi connectivity index (χ1n) is 5.91. The van der Waals surface area contributed by atoms with Gasteiger partial charge in [-0.2, -0.15) is 0 Å². The van der Waals surface area contributed by atoms with Crippen molar-refractivity contribution in [1.29, 1.82) is 0 Å². The van der Waals surface area contributed by atoms with Crippen LogP contribution in [-0.4, -0.2) is 9.55 Å². The van der Waals surface area contributed by atoms with Gasteiger partial charge in [-0.3, -0.25) is 0 Å². The number of anilines is 1. The molecule has 92 valence electrons. The van der Waals surface area contributed by atoms with Gasteiger partial charge in [-0.15, -0.1) is 0 Å². The molecule has 5 heteroatoms. The maximum atomic E-state index is 5.54. The Hall–Kier alpha value is -1.72. The average Bonchev–Trinajstić information content (AvgIpc) is 2.89. The second kappa shape index (κ2) is 4.51. The molecule has 0 bridgehead atoms. The molecule has 0 radical (unpaired) electrons. The molecule has 0 amide bonds. The first-order chi connectivity index (χ1) is 8.77. The van der Waals surface area contributed by atoms with Gasteiger partial charge in [0.25, 0.3) is 0 Å². The largest absolute Gasteiger partial charge is 0.316 e. The van der Waals surface area contributed by atoms with Crippen LogP contribution in [-0.2, 0) is 6.54 Å². The number of hydrogen-bond acceptors (Lipinski definition) is 4. The molecular formula is C13H14N4S. The highest BCUT2D eigenvalue weighted by Gasteiger charge is 2.16.